The second kappa shape index (κ2) is 7.14. The summed E-state index contributed by atoms with van der Waals surface area (Å²) in [6, 6.07) is 0. The number of carbonyl (C=O) groups excluding carboxylic acids is 2. The van der Waals surface area contributed by atoms with Gasteiger partial charge >= 0.3 is 35.5 Å². The SMILES string of the molecule is COC(=O)CC=O.[H-].[Na+]. The molecule has 0 aliphatic carbocycles. The normalized spacial score (nSPS) is 6.62. The van der Waals surface area contributed by atoms with E-state index < -0.39 is 5.97 Å². The molecule has 0 aromatic carbocycles. The fourth-order valence-electron chi connectivity index (χ4n) is 0.151. The summed E-state index contributed by atoms with van der Waals surface area (Å²) in [4.78, 5) is 19.4. The topological polar surface area (TPSA) is 43.4 Å². The van der Waals surface area contributed by atoms with Crippen LogP contribution in [0.25, 0.3) is 0 Å². The van der Waals surface area contributed by atoms with Crippen LogP contribution in [0, 0.1) is 0 Å². The summed E-state index contributed by atoms with van der Waals surface area (Å²) in [6.07, 6.45) is 0.363. The molecular formula is C4H7NaO3. The number of methoxy groups -OCH3 is 1. The van der Waals surface area contributed by atoms with Gasteiger partial charge in [-0.05, 0) is 0 Å². The molecule has 3 nitrogen and oxygen atoms in total. The zero-order valence-corrected chi connectivity index (χ0v) is 7.01. The van der Waals surface area contributed by atoms with Gasteiger partial charge in [0.15, 0.2) is 0 Å². The summed E-state index contributed by atoms with van der Waals surface area (Å²) >= 11 is 0. The predicted octanol–water partition coefficient (Wildman–Crippen LogP) is -3.14. The minimum absolute atomic E-state index is 0. The number of esters is 1. The molecule has 0 aromatic rings. The van der Waals surface area contributed by atoms with Crippen molar-refractivity contribution in [3.63, 3.8) is 0 Å². The van der Waals surface area contributed by atoms with Gasteiger partial charge in [-0.3, -0.25) is 4.79 Å². The van der Waals surface area contributed by atoms with E-state index in [1.165, 1.54) is 7.11 Å². The average molecular weight is 126 g/mol. The van der Waals surface area contributed by atoms with Crippen molar-refractivity contribution in [3.05, 3.63) is 0 Å². The first-order valence-corrected chi connectivity index (χ1v) is 1.81. The maximum Gasteiger partial charge on any atom is 1.00 e. The van der Waals surface area contributed by atoms with Crippen LogP contribution < -0.4 is 29.6 Å². The summed E-state index contributed by atoms with van der Waals surface area (Å²) in [6.45, 7) is 0. The van der Waals surface area contributed by atoms with Crippen molar-refractivity contribution in [2.75, 3.05) is 7.11 Å². The average Bonchev–Trinajstić information content (AvgIpc) is 1.68. The van der Waals surface area contributed by atoms with E-state index in [2.05, 4.69) is 4.74 Å². The Morgan fingerprint density at radius 1 is 1.88 bits per heavy atom. The minimum atomic E-state index is -0.491. The smallest absolute Gasteiger partial charge is 1.00 e. The van der Waals surface area contributed by atoms with E-state index in [1.54, 1.807) is 0 Å². The molecule has 0 heterocycles. The molecular weight excluding hydrogens is 119 g/mol. The van der Waals surface area contributed by atoms with Gasteiger partial charge in [-0.2, -0.15) is 0 Å². The summed E-state index contributed by atoms with van der Waals surface area (Å²) in [5.74, 6) is -0.491. The largest absolute Gasteiger partial charge is 1.00 e. The molecule has 0 aliphatic heterocycles. The number of hydrogen-bond acceptors (Lipinski definition) is 3. The van der Waals surface area contributed by atoms with E-state index in [-0.39, 0.29) is 37.4 Å². The zero-order chi connectivity index (χ0) is 5.70. The number of aldehydes is 1. The molecule has 8 heavy (non-hydrogen) atoms. The summed E-state index contributed by atoms with van der Waals surface area (Å²) in [7, 11) is 1.24. The molecule has 0 atom stereocenters. The second-order valence-corrected chi connectivity index (χ2v) is 0.947. The molecule has 0 bridgehead atoms. The molecule has 0 aromatic heterocycles. The Morgan fingerprint density at radius 3 is 2.50 bits per heavy atom. The first-order chi connectivity index (χ1) is 3.31. The van der Waals surface area contributed by atoms with Gasteiger partial charge in [-0.1, -0.05) is 0 Å². The molecule has 0 N–H and O–H groups in total. The molecule has 4 heteroatoms. The molecule has 0 rings (SSSR count). The van der Waals surface area contributed by atoms with Crippen molar-refractivity contribution in [1.82, 2.24) is 0 Å². The standard InChI is InChI=1S/C4H6O3.Na.H/c1-7-4(6)2-3-5;;/h3H,2H2,1H3;;/q;+1;-1. The number of rotatable bonds is 2. The van der Waals surface area contributed by atoms with Crippen LogP contribution in [0.4, 0.5) is 0 Å². The van der Waals surface area contributed by atoms with Crippen LogP contribution >= 0.6 is 0 Å². The Bertz CT molecular complexity index is 85.9. The van der Waals surface area contributed by atoms with Gasteiger partial charge in [0, 0.05) is 0 Å². The van der Waals surface area contributed by atoms with Gasteiger partial charge in [-0.25, -0.2) is 0 Å². The second-order valence-electron chi connectivity index (χ2n) is 0.947. The molecule has 0 aliphatic rings. The monoisotopic (exact) mass is 126 g/mol. The maximum absolute atomic E-state index is 9.96. The van der Waals surface area contributed by atoms with Gasteiger partial charge in [0.25, 0.3) is 0 Å². The van der Waals surface area contributed by atoms with Gasteiger partial charge in [-0.15, -0.1) is 0 Å². The first kappa shape index (κ1) is 11.0. The van der Waals surface area contributed by atoms with Crippen molar-refractivity contribution in [2.45, 2.75) is 6.42 Å². The third-order valence-corrected chi connectivity index (χ3v) is 0.478. The van der Waals surface area contributed by atoms with Crippen LogP contribution in [0.15, 0.2) is 0 Å². The van der Waals surface area contributed by atoms with E-state index in [4.69, 9.17) is 0 Å². The number of carbonyl (C=O) groups is 2. The third-order valence-electron chi connectivity index (χ3n) is 0.478. The van der Waals surface area contributed by atoms with Crippen molar-refractivity contribution >= 4 is 12.3 Å². The van der Waals surface area contributed by atoms with Crippen molar-refractivity contribution in [1.29, 1.82) is 0 Å². The Kier molecular flexibility index (Phi) is 9.82. The Balaban J connectivity index is -0.000000180. The van der Waals surface area contributed by atoms with E-state index >= 15 is 0 Å². The fraction of sp³-hybridized carbons (Fsp3) is 0.500. The summed E-state index contributed by atoms with van der Waals surface area (Å²) in [5, 5.41) is 0. The summed E-state index contributed by atoms with van der Waals surface area (Å²) in [5.41, 5.74) is 0. The van der Waals surface area contributed by atoms with Crippen LogP contribution in [0.3, 0.4) is 0 Å². The van der Waals surface area contributed by atoms with Gasteiger partial charge in [0.2, 0.25) is 0 Å². The molecule has 0 spiro atoms. The van der Waals surface area contributed by atoms with E-state index in [1.807, 2.05) is 0 Å². The van der Waals surface area contributed by atoms with Gasteiger partial charge in [0.1, 0.15) is 12.7 Å². The minimum Gasteiger partial charge on any atom is -1.00 e. The van der Waals surface area contributed by atoms with E-state index in [9.17, 15) is 9.59 Å². The maximum atomic E-state index is 9.96. The Hall–Kier alpha value is 0.140. The Morgan fingerprint density at radius 2 is 2.38 bits per heavy atom. The molecule has 0 radical (unpaired) electrons. The van der Waals surface area contributed by atoms with Crippen LogP contribution in [-0.2, 0) is 14.3 Å². The molecule has 0 saturated carbocycles. The Labute approximate surface area is 71.2 Å². The quantitative estimate of drug-likeness (QED) is 0.170. The van der Waals surface area contributed by atoms with Crippen molar-refractivity contribution < 1.29 is 45.3 Å². The van der Waals surface area contributed by atoms with Crippen LogP contribution in [0.5, 0.6) is 0 Å². The number of hydrogen-bond donors (Lipinski definition) is 0. The van der Waals surface area contributed by atoms with Gasteiger partial charge in [0.05, 0.1) is 7.11 Å². The molecule has 0 saturated heterocycles. The van der Waals surface area contributed by atoms with Gasteiger partial charge < -0.3 is 11.0 Å². The molecule has 0 amide bonds. The van der Waals surface area contributed by atoms with E-state index in [0.717, 1.165) is 0 Å². The summed E-state index contributed by atoms with van der Waals surface area (Å²) < 4.78 is 4.12. The molecule has 0 fully saturated rings. The van der Waals surface area contributed by atoms with Crippen LogP contribution in [0.1, 0.15) is 7.85 Å². The first-order valence-electron chi connectivity index (χ1n) is 1.81. The zero-order valence-electron chi connectivity index (χ0n) is 6.01. The molecule has 42 valence electrons. The van der Waals surface area contributed by atoms with Crippen molar-refractivity contribution in [2.24, 2.45) is 0 Å². The molecule has 0 unspecified atom stereocenters. The third kappa shape index (κ3) is 6.14. The predicted molar refractivity (Wildman–Crippen MR) is 23.8 cm³/mol. The van der Waals surface area contributed by atoms with Crippen LogP contribution in [-0.4, -0.2) is 19.4 Å². The van der Waals surface area contributed by atoms with Crippen molar-refractivity contribution in [3.8, 4) is 0 Å². The number of ether oxygens (including phenoxy) is 1. The van der Waals surface area contributed by atoms with Crippen LogP contribution in [0.2, 0.25) is 0 Å². The fourth-order valence-corrected chi connectivity index (χ4v) is 0.151. The van der Waals surface area contributed by atoms with E-state index in [0.29, 0.717) is 6.29 Å².